The number of benzene rings is 2. The monoisotopic (exact) mass is 368 g/mol. The van der Waals surface area contributed by atoms with Crippen molar-refractivity contribution >= 4 is 42.1 Å². The molecule has 0 N–H and O–H groups in total. The third-order valence-corrected chi connectivity index (χ3v) is 7.15. The van der Waals surface area contributed by atoms with Gasteiger partial charge in [-0.1, -0.05) is 74.0 Å². The highest BCUT2D eigenvalue weighted by atomic mass is 35.5. The van der Waals surface area contributed by atoms with Crippen molar-refractivity contribution < 1.29 is 8.85 Å². The minimum absolute atomic E-state index is 0.241. The lowest BCUT2D eigenvalue weighted by Crippen LogP contribution is -2.63. The van der Waals surface area contributed by atoms with Crippen LogP contribution in [0.3, 0.4) is 0 Å². The summed E-state index contributed by atoms with van der Waals surface area (Å²) in [5.74, 6) is 0. The van der Waals surface area contributed by atoms with Gasteiger partial charge in [-0.05, 0) is 16.8 Å². The average Bonchev–Trinajstić information content (AvgIpc) is 2.59. The molecule has 0 aliphatic carbocycles. The molecule has 2 rings (SSSR count). The molecule has 124 valence electrons. The van der Waals surface area contributed by atoms with Crippen molar-refractivity contribution in [3.63, 3.8) is 0 Å². The van der Waals surface area contributed by atoms with E-state index in [1.54, 1.807) is 0 Å². The predicted molar refractivity (Wildman–Crippen MR) is 100 cm³/mol. The molecule has 0 amide bonds. The molecule has 0 fully saturated rings. The highest BCUT2D eigenvalue weighted by Crippen LogP contribution is 2.14. The Bertz CT molecular complexity index is 524. The molecule has 0 atom stereocenters. The molecular formula is C18H22Cl2O2Si. The molecule has 0 spiro atoms. The van der Waals surface area contributed by atoms with Crippen LogP contribution in [0.1, 0.15) is 19.8 Å². The molecule has 2 aromatic rings. The van der Waals surface area contributed by atoms with Crippen LogP contribution in [0.5, 0.6) is 0 Å². The highest BCUT2D eigenvalue weighted by molar-refractivity contribution is 6.92. The molecule has 0 aromatic heterocycles. The van der Waals surface area contributed by atoms with Gasteiger partial charge >= 0.3 is 8.56 Å². The summed E-state index contributed by atoms with van der Waals surface area (Å²) >= 11 is 11.9. The van der Waals surface area contributed by atoms with Gasteiger partial charge in [-0.3, -0.25) is 0 Å². The summed E-state index contributed by atoms with van der Waals surface area (Å²) in [5, 5.41) is 2.13. The van der Waals surface area contributed by atoms with Crippen LogP contribution in [0.4, 0.5) is 0 Å². The molecule has 0 aliphatic heterocycles. The number of rotatable bonds is 9. The van der Waals surface area contributed by atoms with E-state index in [2.05, 4.69) is 31.2 Å². The fourth-order valence-corrected chi connectivity index (χ4v) is 5.91. The topological polar surface area (TPSA) is 18.5 Å². The Labute approximate surface area is 149 Å². The van der Waals surface area contributed by atoms with E-state index in [1.807, 2.05) is 36.4 Å². The molecule has 2 aromatic carbocycles. The molecule has 2 nitrogen and oxygen atoms in total. The maximum atomic E-state index is 6.39. The number of unbranched alkanes of at least 4 members (excludes halogenated alkanes) is 1. The second-order valence-electron chi connectivity index (χ2n) is 5.25. The maximum Gasteiger partial charge on any atom is 0.407 e. The van der Waals surface area contributed by atoms with Crippen LogP contribution in [0.25, 0.3) is 0 Å². The largest absolute Gasteiger partial charge is 0.407 e. The minimum atomic E-state index is -2.82. The summed E-state index contributed by atoms with van der Waals surface area (Å²) in [5.41, 5.74) is 0. The van der Waals surface area contributed by atoms with Crippen molar-refractivity contribution in [3.8, 4) is 0 Å². The fourth-order valence-electron chi connectivity index (χ4n) is 2.40. The summed E-state index contributed by atoms with van der Waals surface area (Å²) in [6.45, 7) is 3.04. The Hall–Kier alpha value is -0.843. The smallest absolute Gasteiger partial charge is 0.388 e. The fraction of sp³-hybridized carbons (Fsp3) is 0.333. The van der Waals surface area contributed by atoms with Crippen LogP contribution < -0.4 is 10.4 Å². The maximum absolute atomic E-state index is 6.39. The quantitative estimate of drug-likeness (QED) is 0.379. The molecular weight excluding hydrogens is 347 g/mol. The Morgan fingerprint density at radius 2 is 1.39 bits per heavy atom. The molecule has 5 heteroatoms. The van der Waals surface area contributed by atoms with Crippen molar-refractivity contribution in [1.82, 2.24) is 0 Å². The second kappa shape index (κ2) is 9.45. The average molecular weight is 369 g/mol. The van der Waals surface area contributed by atoms with Crippen LogP contribution in [0.15, 0.2) is 60.7 Å². The van der Waals surface area contributed by atoms with E-state index >= 15 is 0 Å². The lowest BCUT2D eigenvalue weighted by molar-refractivity contribution is 0.195. The standard InChI is InChI=1S/C18H22Cl2O2Si/c1-2-3-14-21-23(22-15-18(19)20,16-10-6-4-7-11-16)17-12-8-5-9-13-17/h4-13,18H,2-3,14-15H2,1H3. The zero-order chi connectivity index (χ0) is 16.5. The first-order chi connectivity index (χ1) is 11.2. The summed E-state index contributed by atoms with van der Waals surface area (Å²) in [4.78, 5) is -0.580. The number of alkyl halides is 2. The van der Waals surface area contributed by atoms with Crippen molar-refractivity contribution in [2.75, 3.05) is 13.2 Å². The van der Waals surface area contributed by atoms with Crippen molar-refractivity contribution in [3.05, 3.63) is 60.7 Å². The summed E-state index contributed by atoms with van der Waals surface area (Å²) in [7, 11) is -2.82. The molecule has 0 aliphatic rings. The van der Waals surface area contributed by atoms with E-state index in [9.17, 15) is 0 Å². The zero-order valence-corrected chi connectivity index (χ0v) is 15.8. The van der Waals surface area contributed by atoms with Crippen LogP contribution in [-0.4, -0.2) is 26.6 Å². The molecule has 0 saturated carbocycles. The van der Waals surface area contributed by atoms with Gasteiger partial charge in [0.2, 0.25) is 0 Å². The predicted octanol–water partition coefficient (Wildman–Crippen LogP) is 3.88. The summed E-state index contributed by atoms with van der Waals surface area (Å²) < 4.78 is 12.7. The molecule has 0 radical (unpaired) electrons. The molecule has 0 heterocycles. The number of hydrogen-bond donors (Lipinski definition) is 0. The lowest BCUT2D eigenvalue weighted by atomic mass is 10.4. The van der Waals surface area contributed by atoms with Crippen molar-refractivity contribution in [2.24, 2.45) is 0 Å². The van der Waals surface area contributed by atoms with Crippen molar-refractivity contribution in [1.29, 1.82) is 0 Å². The Balaban J connectivity index is 2.43. The van der Waals surface area contributed by atoms with E-state index in [-0.39, 0.29) is 6.61 Å². The van der Waals surface area contributed by atoms with Gasteiger partial charge in [-0.15, -0.1) is 23.2 Å². The van der Waals surface area contributed by atoms with Gasteiger partial charge in [-0.25, -0.2) is 0 Å². The first-order valence-corrected chi connectivity index (χ1v) is 10.5. The van der Waals surface area contributed by atoms with E-state index < -0.39 is 13.4 Å². The first kappa shape index (κ1) is 18.5. The Morgan fingerprint density at radius 1 is 0.870 bits per heavy atom. The van der Waals surface area contributed by atoms with Gasteiger partial charge in [0.05, 0.1) is 6.61 Å². The third-order valence-electron chi connectivity index (χ3n) is 3.52. The van der Waals surface area contributed by atoms with Gasteiger partial charge in [0.25, 0.3) is 0 Å². The van der Waals surface area contributed by atoms with Crippen LogP contribution in [0.2, 0.25) is 0 Å². The highest BCUT2D eigenvalue weighted by Gasteiger charge is 2.43. The second-order valence-corrected chi connectivity index (χ2v) is 9.49. The first-order valence-electron chi connectivity index (χ1n) is 7.86. The number of hydrogen-bond acceptors (Lipinski definition) is 2. The molecule has 23 heavy (non-hydrogen) atoms. The van der Waals surface area contributed by atoms with Crippen LogP contribution in [0, 0.1) is 0 Å². The van der Waals surface area contributed by atoms with E-state index in [0.29, 0.717) is 6.61 Å². The molecule has 0 saturated heterocycles. The lowest BCUT2D eigenvalue weighted by Gasteiger charge is -2.31. The van der Waals surface area contributed by atoms with Crippen LogP contribution in [-0.2, 0) is 8.85 Å². The summed E-state index contributed by atoms with van der Waals surface area (Å²) in [6, 6.07) is 20.2. The van der Waals surface area contributed by atoms with E-state index in [1.165, 1.54) is 0 Å². The van der Waals surface area contributed by atoms with Gasteiger partial charge in [-0.2, -0.15) is 0 Å². The third kappa shape index (κ3) is 5.06. The van der Waals surface area contributed by atoms with Gasteiger partial charge < -0.3 is 8.85 Å². The SMILES string of the molecule is CCCCO[Si](OCC(Cl)Cl)(c1ccccc1)c1ccccc1. The van der Waals surface area contributed by atoms with Gasteiger partial charge in [0.1, 0.15) is 4.84 Å². The molecule has 0 bridgehead atoms. The van der Waals surface area contributed by atoms with Gasteiger partial charge in [0.15, 0.2) is 0 Å². The zero-order valence-electron chi connectivity index (χ0n) is 13.3. The van der Waals surface area contributed by atoms with Gasteiger partial charge in [0, 0.05) is 6.61 Å². The minimum Gasteiger partial charge on any atom is -0.388 e. The normalized spacial score (nSPS) is 11.8. The summed E-state index contributed by atoms with van der Waals surface area (Å²) in [6.07, 6.45) is 2.06. The molecule has 0 unspecified atom stereocenters. The van der Waals surface area contributed by atoms with Crippen molar-refractivity contribution in [2.45, 2.75) is 24.6 Å². The van der Waals surface area contributed by atoms with E-state index in [0.717, 1.165) is 23.2 Å². The Morgan fingerprint density at radius 3 is 1.83 bits per heavy atom. The van der Waals surface area contributed by atoms with Crippen LogP contribution >= 0.6 is 23.2 Å². The van der Waals surface area contributed by atoms with E-state index in [4.69, 9.17) is 32.1 Å². The Kier molecular flexibility index (Phi) is 7.60. The number of halogens is 2.